The van der Waals surface area contributed by atoms with Gasteiger partial charge in [-0.1, -0.05) is 29.8 Å². The number of benzene rings is 1. The fourth-order valence-corrected chi connectivity index (χ4v) is 3.30. The van der Waals surface area contributed by atoms with Crippen LogP contribution in [0.5, 0.6) is 0 Å². The molecule has 0 saturated carbocycles. The van der Waals surface area contributed by atoms with E-state index in [1.54, 1.807) is 12.1 Å². The molecular formula is C20H26ClN5O. The van der Waals surface area contributed by atoms with Crippen molar-refractivity contribution in [2.24, 2.45) is 4.99 Å². The fraction of sp³-hybridized carbons (Fsp3) is 0.400. The number of aliphatic hydroxyl groups excluding tert-OH is 1. The highest BCUT2D eigenvalue weighted by molar-refractivity contribution is 6.30. The Bertz CT molecular complexity index is 747. The first kappa shape index (κ1) is 19.5. The van der Waals surface area contributed by atoms with E-state index in [4.69, 9.17) is 11.6 Å². The molecule has 7 heteroatoms. The standard InChI is InChI=1S/C20H26ClN5O/c1-2-22-20(24-15-18(27)16-6-5-7-17(21)14-16)26-12-10-25(11-13-26)19-8-3-4-9-23-19/h3-9,14,18,27H,2,10-13,15H2,1H3,(H,22,24). The van der Waals surface area contributed by atoms with Gasteiger partial charge in [0, 0.05) is 43.9 Å². The van der Waals surface area contributed by atoms with Crippen molar-refractivity contribution in [3.8, 4) is 0 Å². The summed E-state index contributed by atoms with van der Waals surface area (Å²) in [5, 5.41) is 14.4. The minimum absolute atomic E-state index is 0.295. The van der Waals surface area contributed by atoms with Gasteiger partial charge in [-0.25, -0.2) is 4.98 Å². The minimum Gasteiger partial charge on any atom is -0.386 e. The summed E-state index contributed by atoms with van der Waals surface area (Å²) in [4.78, 5) is 13.6. The number of aliphatic hydroxyl groups is 1. The number of guanidine groups is 1. The van der Waals surface area contributed by atoms with E-state index in [2.05, 4.69) is 25.1 Å². The van der Waals surface area contributed by atoms with Gasteiger partial charge in [-0.3, -0.25) is 4.99 Å². The van der Waals surface area contributed by atoms with Crippen molar-refractivity contribution in [2.75, 3.05) is 44.2 Å². The molecule has 0 aliphatic carbocycles. The maximum absolute atomic E-state index is 10.4. The molecule has 2 N–H and O–H groups in total. The first-order valence-electron chi connectivity index (χ1n) is 9.30. The van der Waals surface area contributed by atoms with Gasteiger partial charge in [0.25, 0.3) is 0 Å². The summed E-state index contributed by atoms with van der Waals surface area (Å²) in [5.41, 5.74) is 0.780. The van der Waals surface area contributed by atoms with Crippen molar-refractivity contribution >= 4 is 23.4 Å². The number of pyridine rings is 1. The highest BCUT2D eigenvalue weighted by Crippen LogP contribution is 2.18. The summed E-state index contributed by atoms with van der Waals surface area (Å²) >= 11 is 6.01. The van der Waals surface area contributed by atoms with E-state index in [9.17, 15) is 5.11 Å². The summed E-state index contributed by atoms with van der Waals surface area (Å²) < 4.78 is 0. The van der Waals surface area contributed by atoms with Gasteiger partial charge in [0.1, 0.15) is 5.82 Å². The van der Waals surface area contributed by atoms with Crippen LogP contribution in [0.4, 0.5) is 5.82 Å². The number of hydrogen-bond acceptors (Lipinski definition) is 4. The van der Waals surface area contributed by atoms with Crippen LogP contribution >= 0.6 is 11.6 Å². The van der Waals surface area contributed by atoms with Gasteiger partial charge in [0.15, 0.2) is 5.96 Å². The van der Waals surface area contributed by atoms with Crippen molar-refractivity contribution in [2.45, 2.75) is 13.0 Å². The molecule has 1 saturated heterocycles. The second-order valence-corrected chi connectivity index (χ2v) is 6.86. The van der Waals surface area contributed by atoms with E-state index in [0.29, 0.717) is 11.6 Å². The number of nitrogens with zero attached hydrogens (tertiary/aromatic N) is 4. The number of halogens is 1. The van der Waals surface area contributed by atoms with Gasteiger partial charge in [-0.05, 0) is 36.8 Å². The van der Waals surface area contributed by atoms with E-state index in [1.807, 2.05) is 43.5 Å². The summed E-state index contributed by atoms with van der Waals surface area (Å²) in [6, 6.07) is 13.3. The predicted octanol–water partition coefficient (Wildman–Crippen LogP) is 2.56. The van der Waals surface area contributed by atoms with Crippen molar-refractivity contribution in [3.05, 3.63) is 59.2 Å². The summed E-state index contributed by atoms with van der Waals surface area (Å²) in [6.45, 7) is 6.62. The van der Waals surface area contributed by atoms with Gasteiger partial charge in [0.2, 0.25) is 0 Å². The van der Waals surface area contributed by atoms with Gasteiger partial charge >= 0.3 is 0 Å². The zero-order valence-electron chi connectivity index (χ0n) is 15.6. The molecule has 0 spiro atoms. The Balaban J connectivity index is 1.61. The van der Waals surface area contributed by atoms with Gasteiger partial charge in [-0.2, -0.15) is 0 Å². The molecule has 0 amide bonds. The first-order chi connectivity index (χ1) is 13.2. The van der Waals surface area contributed by atoms with Crippen LogP contribution in [-0.2, 0) is 0 Å². The first-order valence-corrected chi connectivity index (χ1v) is 9.68. The average Bonchev–Trinajstić information content (AvgIpc) is 2.72. The summed E-state index contributed by atoms with van der Waals surface area (Å²) in [6.07, 6.45) is 1.15. The zero-order chi connectivity index (χ0) is 19.1. The van der Waals surface area contributed by atoms with E-state index >= 15 is 0 Å². The average molecular weight is 388 g/mol. The number of aromatic nitrogens is 1. The molecule has 1 unspecified atom stereocenters. The SMILES string of the molecule is CCNC(=NCC(O)c1cccc(Cl)c1)N1CCN(c2ccccn2)CC1. The molecule has 0 radical (unpaired) electrons. The third-order valence-electron chi connectivity index (χ3n) is 4.53. The van der Waals surface area contributed by atoms with E-state index in [-0.39, 0.29) is 0 Å². The van der Waals surface area contributed by atoms with Crippen molar-refractivity contribution in [1.29, 1.82) is 0 Å². The number of hydrogen-bond donors (Lipinski definition) is 2. The number of aliphatic imine (C=N–C) groups is 1. The number of rotatable bonds is 5. The lowest BCUT2D eigenvalue weighted by Crippen LogP contribution is -2.52. The topological polar surface area (TPSA) is 64.0 Å². The second kappa shape index (κ2) is 9.58. The van der Waals surface area contributed by atoms with Crippen LogP contribution in [0.2, 0.25) is 5.02 Å². The second-order valence-electron chi connectivity index (χ2n) is 6.43. The molecule has 2 heterocycles. The van der Waals surface area contributed by atoms with Crippen LogP contribution in [0.3, 0.4) is 0 Å². The normalized spacial score (nSPS) is 16.3. The van der Waals surface area contributed by atoms with Gasteiger partial charge in [0.05, 0.1) is 12.6 Å². The molecule has 1 aliphatic heterocycles. The van der Waals surface area contributed by atoms with Crippen LogP contribution in [0.25, 0.3) is 0 Å². The monoisotopic (exact) mass is 387 g/mol. The molecule has 0 bridgehead atoms. The Morgan fingerprint density at radius 2 is 2.04 bits per heavy atom. The molecule has 1 aromatic carbocycles. The lowest BCUT2D eigenvalue weighted by atomic mass is 10.1. The molecule has 2 aromatic rings. The summed E-state index contributed by atoms with van der Waals surface area (Å²) in [7, 11) is 0. The molecule has 1 fully saturated rings. The molecule has 6 nitrogen and oxygen atoms in total. The molecule has 1 aliphatic rings. The Labute approximate surface area is 165 Å². The maximum atomic E-state index is 10.4. The highest BCUT2D eigenvalue weighted by atomic mass is 35.5. The smallest absolute Gasteiger partial charge is 0.194 e. The maximum Gasteiger partial charge on any atom is 0.194 e. The van der Waals surface area contributed by atoms with Crippen molar-refractivity contribution < 1.29 is 5.11 Å². The van der Waals surface area contributed by atoms with E-state index in [1.165, 1.54) is 0 Å². The Hall–Kier alpha value is -2.31. The van der Waals surface area contributed by atoms with Gasteiger partial charge in [-0.15, -0.1) is 0 Å². The largest absolute Gasteiger partial charge is 0.386 e. The third-order valence-corrected chi connectivity index (χ3v) is 4.77. The minimum atomic E-state index is -0.674. The molecule has 1 aromatic heterocycles. The van der Waals surface area contributed by atoms with Crippen molar-refractivity contribution in [1.82, 2.24) is 15.2 Å². The van der Waals surface area contributed by atoms with Crippen molar-refractivity contribution in [3.63, 3.8) is 0 Å². The number of anilines is 1. The third kappa shape index (κ3) is 5.34. The highest BCUT2D eigenvalue weighted by Gasteiger charge is 2.20. The molecule has 3 rings (SSSR count). The van der Waals surface area contributed by atoms with Crippen LogP contribution in [-0.4, -0.2) is 60.2 Å². The van der Waals surface area contributed by atoms with E-state index < -0.39 is 6.10 Å². The number of nitrogens with one attached hydrogen (secondary N) is 1. The summed E-state index contributed by atoms with van der Waals surface area (Å²) in [5.74, 6) is 1.84. The van der Waals surface area contributed by atoms with Crippen LogP contribution in [0.15, 0.2) is 53.7 Å². The molecular weight excluding hydrogens is 362 g/mol. The fourth-order valence-electron chi connectivity index (χ4n) is 3.11. The van der Waals surface area contributed by atoms with Gasteiger partial charge < -0.3 is 20.2 Å². The molecule has 27 heavy (non-hydrogen) atoms. The molecule has 144 valence electrons. The Kier molecular flexibility index (Phi) is 6.90. The van der Waals surface area contributed by atoms with Crippen LogP contribution < -0.4 is 10.2 Å². The lowest BCUT2D eigenvalue weighted by Gasteiger charge is -2.37. The number of piperazine rings is 1. The Morgan fingerprint density at radius 1 is 1.22 bits per heavy atom. The lowest BCUT2D eigenvalue weighted by molar-refractivity contribution is 0.186. The predicted molar refractivity (Wildman–Crippen MR) is 110 cm³/mol. The Morgan fingerprint density at radius 3 is 2.70 bits per heavy atom. The zero-order valence-corrected chi connectivity index (χ0v) is 16.3. The van der Waals surface area contributed by atoms with E-state index in [0.717, 1.165) is 50.1 Å². The molecule has 1 atom stereocenters. The quantitative estimate of drug-likeness (QED) is 0.609. The van der Waals surface area contributed by atoms with Crippen LogP contribution in [0, 0.1) is 0 Å². The van der Waals surface area contributed by atoms with Crippen LogP contribution in [0.1, 0.15) is 18.6 Å².